The lowest BCUT2D eigenvalue weighted by Crippen LogP contribution is -2.56. The number of carbonyl (C=O) groups excluding carboxylic acids is 4. The molecule has 12 heteroatoms. The lowest BCUT2D eigenvalue weighted by Gasteiger charge is -2.61. The number of fused-ring (bicyclic) bond motifs is 2. The summed E-state index contributed by atoms with van der Waals surface area (Å²) in [6, 6.07) is 0. The van der Waals surface area contributed by atoms with Gasteiger partial charge in [-0.2, -0.15) is 0 Å². The van der Waals surface area contributed by atoms with Crippen molar-refractivity contribution in [2.24, 2.45) is 57.2 Å². The van der Waals surface area contributed by atoms with Crippen LogP contribution in [0, 0.1) is 57.2 Å². The Morgan fingerprint density at radius 3 is 2.07 bits per heavy atom. The third-order valence-corrected chi connectivity index (χ3v) is 13.7. The zero-order valence-electron chi connectivity index (χ0n) is 36.5. The van der Waals surface area contributed by atoms with Crippen LogP contribution in [0.2, 0.25) is 0 Å². The van der Waals surface area contributed by atoms with Gasteiger partial charge in [0.1, 0.15) is 6.10 Å². The van der Waals surface area contributed by atoms with Crippen molar-refractivity contribution in [2.45, 2.75) is 154 Å². The van der Waals surface area contributed by atoms with Crippen molar-refractivity contribution in [1.29, 1.82) is 0 Å². The lowest BCUT2D eigenvalue weighted by molar-refractivity contribution is -0.161. The number of esters is 1. The third-order valence-electron chi connectivity index (χ3n) is 13.3. The molecular weight excluding hydrogens is 733 g/mol. The van der Waals surface area contributed by atoms with Crippen LogP contribution < -0.4 is 5.32 Å². The maximum Gasteiger partial charge on any atom is 0.469 e. The minimum absolute atomic E-state index is 0. The molecular formula is C44H80NO10P. The van der Waals surface area contributed by atoms with Crippen molar-refractivity contribution in [1.82, 2.24) is 5.32 Å². The van der Waals surface area contributed by atoms with Crippen LogP contribution in [0.4, 0.5) is 0 Å². The molecule has 5 aliphatic rings. The molecule has 2 spiro atoms. The fourth-order valence-electron chi connectivity index (χ4n) is 11.1. The van der Waals surface area contributed by atoms with Crippen LogP contribution in [-0.2, 0) is 37.7 Å². The first-order valence-electron chi connectivity index (χ1n) is 20.6. The van der Waals surface area contributed by atoms with Gasteiger partial charge in [-0.25, -0.2) is 4.57 Å². The highest BCUT2D eigenvalue weighted by Gasteiger charge is 2.81. The molecule has 4 saturated carbocycles. The van der Waals surface area contributed by atoms with Crippen molar-refractivity contribution in [3.8, 4) is 0 Å². The normalized spacial score (nSPS) is 34.4. The molecule has 0 aromatic heterocycles. The molecule has 5 aliphatic carbocycles. The molecule has 3 N–H and O–H groups in total. The van der Waals surface area contributed by atoms with E-state index in [9.17, 15) is 23.7 Å². The largest absolute Gasteiger partial charge is 0.469 e. The van der Waals surface area contributed by atoms with E-state index in [0.29, 0.717) is 18.3 Å². The summed E-state index contributed by atoms with van der Waals surface area (Å²) < 4.78 is 27.3. The molecule has 5 rings (SSSR count). The van der Waals surface area contributed by atoms with E-state index in [1.165, 1.54) is 19.8 Å². The molecule has 0 saturated heterocycles. The monoisotopic (exact) mass is 814 g/mol. The molecule has 0 aromatic carbocycles. The van der Waals surface area contributed by atoms with Crippen molar-refractivity contribution in [3.63, 3.8) is 0 Å². The SMILES string of the molecule is C.C=C(C(=O)C(OC=O)[C@@H](C)C1C(OC(C)=O)C[C@@]2(C)C3CCC4[C@H](C)C(=O)C=CC45CC35CCC12C)C(C)COP(=O)(O)O.CC.CCC.CCC.CNC. The van der Waals surface area contributed by atoms with Gasteiger partial charge in [-0.15, -0.1) is 0 Å². The van der Waals surface area contributed by atoms with Crippen LogP contribution in [-0.4, -0.2) is 66.7 Å². The number of ketones is 2. The Balaban J connectivity index is 0.00000227. The second kappa shape index (κ2) is 22.3. The number of carbonyl (C=O) groups is 4. The maximum absolute atomic E-state index is 13.8. The van der Waals surface area contributed by atoms with E-state index >= 15 is 0 Å². The Bertz CT molecular complexity index is 1390. The second-order valence-corrected chi connectivity index (χ2v) is 18.1. The molecule has 0 aliphatic heterocycles. The molecule has 0 bridgehead atoms. The number of ether oxygens (including phenoxy) is 2. The molecule has 0 aromatic rings. The molecule has 9 unspecified atom stereocenters. The standard InChI is InChI=1S/C33H47O10P.2C3H8.C2H7N.C2H6.CH4/c1-18(15-42-44(38,39)40)19(2)28(37)29(41-17-34)21(4)27-25(43-22(5)35)14-31(7)26-9-8-23-20(3)24(36)10-11-32(23)16-33(26,32)13-12-30(27,31)6;3*1-3-2;1-2;/h10-11,17-18,20-21,23,25-27,29H,2,8-9,12-16H2,1,3-7H3,(H2,38,39,40);2*3H2,1-2H3;3H,1-2H3;1-2H3;1H4/t18?,20-,21-,23?,25?,26?,27?,29?,30?,31-,32?,33?;;;;;/m0...../s1. The Morgan fingerprint density at radius 1 is 1.05 bits per heavy atom. The molecule has 0 heterocycles. The maximum atomic E-state index is 13.8. The van der Waals surface area contributed by atoms with E-state index in [2.05, 4.69) is 71.0 Å². The fraction of sp³-hybridized carbons (Fsp3) is 0.818. The zero-order chi connectivity index (χ0) is 42.7. The topological polar surface area (TPSA) is 166 Å². The van der Waals surface area contributed by atoms with Gasteiger partial charge in [0.15, 0.2) is 17.7 Å². The van der Waals surface area contributed by atoms with Crippen LogP contribution >= 0.6 is 7.82 Å². The van der Waals surface area contributed by atoms with Crippen molar-refractivity contribution >= 4 is 31.8 Å². The van der Waals surface area contributed by atoms with E-state index in [0.717, 1.165) is 32.1 Å². The van der Waals surface area contributed by atoms with Gasteiger partial charge in [-0.1, -0.05) is 109 Å². The van der Waals surface area contributed by atoms with Gasteiger partial charge in [0.25, 0.3) is 6.47 Å². The van der Waals surface area contributed by atoms with Gasteiger partial charge in [0.05, 0.1) is 6.61 Å². The van der Waals surface area contributed by atoms with E-state index in [4.69, 9.17) is 19.3 Å². The molecule has 0 radical (unpaired) electrons. The minimum Gasteiger partial charge on any atom is -0.462 e. The fourth-order valence-corrected chi connectivity index (χ4v) is 11.5. The number of allylic oxidation sites excluding steroid dienone is 2. The summed E-state index contributed by atoms with van der Waals surface area (Å²) in [5, 5.41) is 2.75. The smallest absolute Gasteiger partial charge is 0.462 e. The molecule has 56 heavy (non-hydrogen) atoms. The van der Waals surface area contributed by atoms with Crippen molar-refractivity contribution in [2.75, 3.05) is 20.7 Å². The van der Waals surface area contributed by atoms with E-state index in [1.807, 2.05) is 34.9 Å². The number of phosphoric acid groups is 1. The van der Waals surface area contributed by atoms with Crippen LogP contribution in [0.5, 0.6) is 0 Å². The summed E-state index contributed by atoms with van der Waals surface area (Å²) in [6.45, 7) is 27.6. The van der Waals surface area contributed by atoms with Crippen molar-refractivity contribution < 1.29 is 47.5 Å². The summed E-state index contributed by atoms with van der Waals surface area (Å²) in [6.07, 6.45) is 10.2. The molecule has 0 amide bonds. The van der Waals surface area contributed by atoms with Crippen LogP contribution in [0.3, 0.4) is 0 Å². The zero-order valence-corrected chi connectivity index (χ0v) is 37.4. The highest BCUT2D eigenvalue weighted by atomic mass is 31.2. The van der Waals surface area contributed by atoms with Crippen molar-refractivity contribution in [3.05, 3.63) is 24.3 Å². The van der Waals surface area contributed by atoms with Gasteiger partial charge in [-0.3, -0.25) is 23.7 Å². The van der Waals surface area contributed by atoms with Crippen LogP contribution in [0.1, 0.15) is 142 Å². The average molecular weight is 814 g/mol. The number of nitrogens with one attached hydrogen (secondary N) is 1. The number of Topliss-reactive ketones (excluding diaryl/α,β-unsaturated/α-hetero) is 1. The summed E-state index contributed by atoms with van der Waals surface area (Å²) in [7, 11) is -1.01. The van der Waals surface area contributed by atoms with Gasteiger partial charge in [0, 0.05) is 30.6 Å². The average Bonchev–Trinajstić information content (AvgIpc) is 3.72. The predicted molar refractivity (Wildman–Crippen MR) is 225 cm³/mol. The highest BCUT2D eigenvalue weighted by molar-refractivity contribution is 7.46. The Labute approximate surface area is 340 Å². The Morgan fingerprint density at radius 2 is 1.59 bits per heavy atom. The molecule has 12 atom stereocenters. The minimum atomic E-state index is -4.76. The van der Waals surface area contributed by atoms with Gasteiger partial charge in [0.2, 0.25) is 0 Å². The van der Waals surface area contributed by atoms with Gasteiger partial charge in [-0.05, 0) is 97.8 Å². The summed E-state index contributed by atoms with van der Waals surface area (Å²) in [5.74, 6) is -1.66. The molecule has 11 nitrogen and oxygen atoms in total. The van der Waals surface area contributed by atoms with E-state index in [1.54, 1.807) is 13.0 Å². The van der Waals surface area contributed by atoms with Crippen LogP contribution in [0.25, 0.3) is 0 Å². The number of rotatable bonds is 11. The van der Waals surface area contributed by atoms with E-state index < -0.39 is 50.2 Å². The predicted octanol–water partition coefficient (Wildman–Crippen LogP) is 9.30. The lowest BCUT2D eigenvalue weighted by atomic mass is 9.43. The first-order valence-corrected chi connectivity index (χ1v) is 22.2. The first kappa shape index (κ1) is 53.8. The van der Waals surface area contributed by atoms with E-state index in [-0.39, 0.29) is 58.8 Å². The number of phosphoric ester groups is 1. The first-order chi connectivity index (χ1) is 25.6. The van der Waals surface area contributed by atoms with Gasteiger partial charge < -0.3 is 24.6 Å². The number of hydrogen-bond donors (Lipinski definition) is 3. The second-order valence-electron chi connectivity index (χ2n) is 16.8. The Hall–Kier alpha value is -2.17. The Kier molecular flexibility index (Phi) is 21.4. The molecule has 4 fully saturated rings. The summed E-state index contributed by atoms with van der Waals surface area (Å²) in [4.78, 5) is 68.8. The number of hydrogen-bond acceptors (Lipinski definition) is 9. The highest BCUT2D eigenvalue weighted by Crippen LogP contribution is 2.87. The van der Waals surface area contributed by atoms with Gasteiger partial charge >= 0.3 is 13.8 Å². The summed E-state index contributed by atoms with van der Waals surface area (Å²) in [5.41, 5.74) is -0.462. The quantitative estimate of drug-likeness (QED) is 0.0788. The molecule has 326 valence electrons. The third kappa shape index (κ3) is 10.7. The van der Waals surface area contributed by atoms with Crippen LogP contribution in [0.15, 0.2) is 24.3 Å². The summed E-state index contributed by atoms with van der Waals surface area (Å²) >= 11 is 0.